The molecule has 2 heterocycles. The highest BCUT2D eigenvalue weighted by Crippen LogP contribution is 2.20. The predicted octanol–water partition coefficient (Wildman–Crippen LogP) is 2.82. The summed E-state index contributed by atoms with van der Waals surface area (Å²) in [4.78, 5) is 22.8. The second kappa shape index (κ2) is 7.77. The molecule has 6 heteroatoms. The number of rotatable bonds is 4. The van der Waals surface area contributed by atoms with E-state index in [-0.39, 0.29) is 6.03 Å². The summed E-state index contributed by atoms with van der Waals surface area (Å²) in [6.45, 7) is 4.57. The molecule has 3 rings (SSSR count). The minimum atomic E-state index is -0.157. The molecule has 2 N–H and O–H groups in total. The van der Waals surface area contributed by atoms with E-state index in [0.29, 0.717) is 12.5 Å². The number of anilines is 2. The van der Waals surface area contributed by atoms with Crippen LogP contribution in [0.4, 0.5) is 16.3 Å². The molecule has 1 atom stereocenters. The maximum Gasteiger partial charge on any atom is 0.319 e. The number of benzene rings is 1. The zero-order chi connectivity index (χ0) is 16.8. The van der Waals surface area contributed by atoms with Gasteiger partial charge in [-0.25, -0.2) is 9.78 Å². The van der Waals surface area contributed by atoms with Crippen molar-refractivity contribution in [1.29, 1.82) is 0 Å². The molecule has 1 aliphatic rings. The molecular formula is C18H23N5O. The summed E-state index contributed by atoms with van der Waals surface area (Å²) in [6, 6.07) is 7.62. The normalized spacial score (nSPS) is 17.4. The Bertz CT molecular complexity index is 659. The number of nitrogens with zero attached hydrogens (tertiary/aromatic N) is 3. The molecule has 0 radical (unpaired) electrons. The van der Waals surface area contributed by atoms with Crippen LogP contribution in [0.5, 0.6) is 0 Å². The fourth-order valence-electron chi connectivity index (χ4n) is 2.94. The summed E-state index contributed by atoms with van der Waals surface area (Å²) in [5.74, 6) is 1.33. The van der Waals surface area contributed by atoms with E-state index in [1.165, 1.54) is 5.56 Å². The summed E-state index contributed by atoms with van der Waals surface area (Å²) in [5, 5.41) is 5.84. The Kier molecular flexibility index (Phi) is 5.25. The van der Waals surface area contributed by atoms with Crippen molar-refractivity contribution >= 4 is 17.5 Å². The first kappa shape index (κ1) is 16.2. The van der Waals surface area contributed by atoms with Crippen molar-refractivity contribution < 1.29 is 4.79 Å². The largest absolute Gasteiger partial charge is 0.355 e. The van der Waals surface area contributed by atoms with Gasteiger partial charge in [0, 0.05) is 37.7 Å². The van der Waals surface area contributed by atoms with E-state index >= 15 is 0 Å². The number of urea groups is 1. The van der Waals surface area contributed by atoms with Crippen molar-refractivity contribution in [2.24, 2.45) is 5.92 Å². The Labute approximate surface area is 142 Å². The highest BCUT2D eigenvalue weighted by molar-refractivity contribution is 5.89. The molecule has 2 aromatic rings. The Hall–Kier alpha value is -2.63. The molecule has 1 aromatic carbocycles. The molecule has 1 fully saturated rings. The number of aryl methyl sites for hydroxylation is 1. The number of aromatic nitrogens is 2. The van der Waals surface area contributed by atoms with Crippen LogP contribution in [-0.2, 0) is 0 Å². The Morgan fingerprint density at radius 1 is 1.29 bits per heavy atom. The first-order valence-electron chi connectivity index (χ1n) is 8.33. The second-order valence-electron chi connectivity index (χ2n) is 6.22. The summed E-state index contributed by atoms with van der Waals surface area (Å²) >= 11 is 0. The van der Waals surface area contributed by atoms with Gasteiger partial charge < -0.3 is 15.5 Å². The lowest BCUT2D eigenvalue weighted by Crippen LogP contribution is -2.42. The van der Waals surface area contributed by atoms with Gasteiger partial charge in [0.1, 0.15) is 5.82 Å². The number of amides is 2. The summed E-state index contributed by atoms with van der Waals surface area (Å²) in [6.07, 6.45) is 7.40. The van der Waals surface area contributed by atoms with Gasteiger partial charge in [0.2, 0.25) is 0 Å². The van der Waals surface area contributed by atoms with E-state index in [1.807, 2.05) is 31.2 Å². The van der Waals surface area contributed by atoms with Crippen LogP contribution in [-0.4, -0.2) is 35.6 Å². The maximum atomic E-state index is 12.0. The van der Waals surface area contributed by atoms with Crippen molar-refractivity contribution in [3.63, 3.8) is 0 Å². The van der Waals surface area contributed by atoms with Crippen molar-refractivity contribution in [2.45, 2.75) is 19.8 Å². The molecule has 1 aromatic heterocycles. The monoisotopic (exact) mass is 325 g/mol. The van der Waals surface area contributed by atoms with Gasteiger partial charge >= 0.3 is 6.03 Å². The van der Waals surface area contributed by atoms with Crippen LogP contribution in [0.2, 0.25) is 0 Å². The van der Waals surface area contributed by atoms with Crippen LogP contribution in [0, 0.1) is 12.8 Å². The van der Waals surface area contributed by atoms with Gasteiger partial charge in [0.25, 0.3) is 0 Å². The third kappa shape index (κ3) is 4.44. The van der Waals surface area contributed by atoms with Crippen LogP contribution >= 0.6 is 0 Å². The average molecular weight is 325 g/mol. The minimum absolute atomic E-state index is 0.157. The smallest absolute Gasteiger partial charge is 0.319 e. The third-order valence-corrected chi connectivity index (χ3v) is 4.25. The molecule has 0 unspecified atom stereocenters. The SMILES string of the molecule is Cc1ccc(NC(=O)NC[C@@H]2CCCN(c3cnccn3)C2)cc1. The zero-order valence-corrected chi connectivity index (χ0v) is 13.9. The van der Waals surface area contributed by atoms with Gasteiger partial charge in [-0.05, 0) is 37.8 Å². The van der Waals surface area contributed by atoms with Crippen LogP contribution < -0.4 is 15.5 Å². The molecule has 0 saturated carbocycles. The van der Waals surface area contributed by atoms with Gasteiger partial charge in [0.15, 0.2) is 0 Å². The number of carbonyl (C=O) groups is 1. The topological polar surface area (TPSA) is 70.2 Å². The van der Waals surface area contributed by atoms with E-state index in [2.05, 4.69) is 25.5 Å². The lowest BCUT2D eigenvalue weighted by atomic mass is 9.98. The van der Waals surface area contributed by atoms with E-state index < -0.39 is 0 Å². The second-order valence-corrected chi connectivity index (χ2v) is 6.22. The zero-order valence-electron chi connectivity index (χ0n) is 13.9. The molecule has 24 heavy (non-hydrogen) atoms. The number of hydrogen-bond acceptors (Lipinski definition) is 4. The fraction of sp³-hybridized carbons (Fsp3) is 0.389. The lowest BCUT2D eigenvalue weighted by Gasteiger charge is -2.33. The summed E-state index contributed by atoms with van der Waals surface area (Å²) < 4.78 is 0. The van der Waals surface area contributed by atoms with Gasteiger partial charge in [-0.2, -0.15) is 0 Å². The first-order valence-corrected chi connectivity index (χ1v) is 8.33. The Balaban J connectivity index is 1.47. The number of hydrogen-bond donors (Lipinski definition) is 2. The first-order chi connectivity index (χ1) is 11.7. The van der Waals surface area contributed by atoms with Gasteiger partial charge in [-0.3, -0.25) is 4.98 Å². The van der Waals surface area contributed by atoms with Gasteiger partial charge in [-0.1, -0.05) is 17.7 Å². The summed E-state index contributed by atoms with van der Waals surface area (Å²) in [5.41, 5.74) is 1.98. The van der Waals surface area contributed by atoms with E-state index in [0.717, 1.165) is 37.4 Å². The Morgan fingerprint density at radius 2 is 2.12 bits per heavy atom. The number of nitrogens with one attached hydrogen (secondary N) is 2. The predicted molar refractivity (Wildman–Crippen MR) is 95.2 cm³/mol. The summed E-state index contributed by atoms with van der Waals surface area (Å²) in [7, 11) is 0. The molecule has 1 aliphatic heterocycles. The minimum Gasteiger partial charge on any atom is -0.355 e. The molecular weight excluding hydrogens is 302 g/mol. The van der Waals surface area contributed by atoms with E-state index in [1.54, 1.807) is 18.6 Å². The van der Waals surface area contributed by atoms with Crippen LogP contribution in [0.1, 0.15) is 18.4 Å². The average Bonchev–Trinajstić information content (AvgIpc) is 2.63. The highest BCUT2D eigenvalue weighted by atomic mass is 16.2. The highest BCUT2D eigenvalue weighted by Gasteiger charge is 2.21. The van der Waals surface area contributed by atoms with Crippen molar-refractivity contribution in [3.05, 3.63) is 48.4 Å². The lowest BCUT2D eigenvalue weighted by molar-refractivity contribution is 0.249. The molecule has 1 saturated heterocycles. The van der Waals surface area contributed by atoms with Crippen molar-refractivity contribution in [3.8, 4) is 0 Å². The molecule has 0 bridgehead atoms. The van der Waals surface area contributed by atoms with Crippen molar-refractivity contribution in [1.82, 2.24) is 15.3 Å². The maximum absolute atomic E-state index is 12.0. The quantitative estimate of drug-likeness (QED) is 0.907. The molecule has 6 nitrogen and oxygen atoms in total. The molecule has 126 valence electrons. The standard InChI is InChI=1S/C18H23N5O/c1-14-4-6-16(7-5-14)22-18(24)21-11-15-3-2-10-23(13-15)17-12-19-8-9-20-17/h4-9,12,15H,2-3,10-11,13H2,1H3,(H2,21,22,24)/t15-/m0/s1. The number of carbonyl (C=O) groups excluding carboxylic acids is 1. The Morgan fingerprint density at radius 3 is 2.88 bits per heavy atom. The van der Waals surface area contributed by atoms with Crippen LogP contribution in [0.25, 0.3) is 0 Å². The van der Waals surface area contributed by atoms with Gasteiger partial charge in [0.05, 0.1) is 6.20 Å². The van der Waals surface area contributed by atoms with Crippen LogP contribution in [0.3, 0.4) is 0 Å². The van der Waals surface area contributed by atoms with E-state index in [4.69, 9.17) is 0 Å². The third-order valence-electron chi connectivity index (χ3n) is 4.25. The van der Waals surface area contributed by atoms with Crippen LogP contribution in [0.15, 0.2) is 42.9 Å². The number of piperidine rings is 1. The fourth-order valence-corrected chi connectivity index (χ4v) is 2.94. The van der Waals surface area contributed by atoms with Gasteiger partial charge in [-0.15, -0.1) is 0 Å². The van der Waals surface area contributed by atoms with E-state index in [9.17, 15) is 4.79 Å². The molecule has 2 amide bonds. The van der Waals surface area contributed by atoms with Crippen molar-refractivity contribution in [2.75, 3.05) is 29.9 Å². The molecule has 0 aliphatic carbocycles. The molecule has 0 spiro atoms.